The Balaban J connectivity index is 2.08. The number of hydrogen-bond acceptors (Lipinski definition) is 6. The highest BCUT2D eigenvalue weighted by atomic mass is 32.2. The maximum absolute atomic E-state index is 13.4. The number of nitriles is 1. The first kappa shape index (κ1) is 27.5. The van der Waals surface area contributed by atoms with Crippen molar-refractivity contribution in [2.45, 2.75) is 85.6 Å². The Labute approximate surface area is 219 Å². The average Bonchev–Trinajstić information content (AvgIpc) is 3.11. The van der Waals surface area contributed by atoms with Crippen LogP contribution in [0.1, 0.15) is 88.8 Å². The molecule has 2 aliphatic rings. The van der Waals surface area contributed by atoms with Crippen molar-refractivity contribution in [3.8, 4) is 6.07 Å². The number of carbonyl (C=O) groups excluding carboxylic acids is 1. The molecule has 0 aliphatic carbocycles. The summed E-state index contributed by atoms with van der Waals surface area (Å²) in [6.07, 6.45) is 10.1. The van der Waals surface area contributed by atoms with Crippen LogP contribution in [-0.2, 0) is 11.3 Å². The van der Waals surface area contributed by atoms with E-state index in [2.05, 4.69) is 31.7 Å². The first-order valence-electron chi connectivity index (χ1n) is 13.0. The molecule has 6 nitrogen and oxygen atoms in total. The molecular weight excluding hydrogens is 476 g/mol. The minimum absolute atomic E-state index is 0.0704. The predicted molar refractivity (Wildman–Crippen MR) is 150 cm³/mol. The normalized spacial score (nSPS) is 18.1. The fourth-order valence-corrected chi connectivity index (χ4v) is 6.04. The van der Waals surface area contributed by atoms with Gasteiger partial charge in [0.1, 0.15) is 21.8 Å². The molecule has 0 aromatic carbocycles. The number of rotatable bonds is 10. The number of hydrogen-bond donors (Lipinski definition) is 0. The van der Waals surface area contributed by atoms with Gasteiger partial charge in [0.05, 0.1) is 4.91 Å². The van der Waals surface area contributed by atoms with Gasteiger partial charge in [-0.15, -0.1) is 0 Å². The highest BCUT2D eigenvalue weighted by molar-refractivity contribution is 8.26. The van der Waals surface area contributed by atoms with E-state index in [-0.39, 0.29) is 17.0 Å². The number of thioether (sulfide) groups is 1. The lowest BCUT2D eigenvalue weighted by Crippen LogP contribution is -2.39. The van der Waals surface area contributed by atoms with Crippen molar-refractivity contribution in [2.75, 3.05) is 24.5 Å². The van der Waals surface area contributed by atoms with Gasteiger partial charge in [0.2, 0.25) is 0 Å². The second-order valence-corrected chi connectivity index (χ2v) is 11.4. The molecular formula is C27H38N4O2S2. The van der Waals surface area contributed by atoms with Gasteiger partial charge in [-0.25, -0.2) is 0 Å². The summed E-state index contributed by atoms with van der Waals surface area (Å²) in [5.74, 6) is 1.42. The Morgan fingerprint density at radius 2 is 1.77 bits per heavy atom. The lowest BCUT2D eigenvalue weighted by Gasteiger charge is -2.35. The number of amides is 1. The molecule has 0 radical (unpaired) electrons. The summed E-state index contributed by atoms with van der Waals surface area (Å²) < 4.78 is 2.37. The monoisotopic (exact) mass is 514 g/mol. The SMILES string of the molecule is CCCCCCN1C(=O)/C(=C\c2c(C)c(C#N)c(=O)n(CCCC)c2N2CCC(C)CC2)SC1=S. The molecule has 35 heavy (non-hydrogen) atoms. The molecule has 3 heterocycles. The summed E-state index contributed by atoms with van der Waals surface area (Å²) >= 11 is 6.88. The van der Waals surface area contributed by atoms with Crippen LogP contribution in [0, 0.1) is 24.2 Å². The van der Waals surface area contributed by atoms with E-state index in [4.69, 9.17) is 12.2 Å². The van der Waals surface area contributed by atoms with E-state index in [1.54, 1.807) is 9.47 Å². The van der Waals surface area contributed by atoms with E-state index < -0.39 is 0 Å². The predicted octanol–water partition coefficient (Wildman–Crippen LogP) is 5.85. The third-order valence-electron chi connectivity index (χ3n) is 7.05. The largest absolute Gasteiger partial charge is 0.357 e. The van der Waals surface area contributed by atoms with Crippen molar-refractivity contribution in [1.29, 1.82) is 5.26 Å². The van der Waals surface area contributed by atoms with Crippen molar-refractivity contribution in [1.82, 2.24) is 9.47 Å². The van der Waals surface area contributed by atoms with Crippen LogP contribution < -0.4 is 10.5 Å². The molecule has 2 fully saturated rings. The zero-order valence-electron chi connectivity index (χ0n) is 21.6. The van der Waals surface area contributed by atoms with Crippen LogP contribution in [-0.4, -0.2) is 39.3 Å². The van der Waals surface area contributed by atoms with Gasteiger partial charge in [0, 0.05) is 31.7 Å². The fourth-order valence-electron chi connectivity index (χ4n) is 4.75. The minimum atomic E-state index is -0.229. The van der Waals surface area contributed by atoms with E-state index in [0.29, 0.717) is 33.8 Å². The van der Waals surface area contributed by atoms with Crippen LogP contribution in [0.2, 0.25) is 0 Å². The van der Waals surface area contributed by atoms with Crippen molar-refractivity contribution < 1.29 is 4.79 Å². The molecule has 1 aromatic rings. The van der Waals surface area contributed by atoms with Crippen LogP contribution >= 0.6 is 24.0 Å². The zero-order valence-corrected chi connectivity index (χ0v) is 23.2. The molecule has 0 bridgehead atoms. The number of pyridine rings is 1. The molecule has 2 saturated heterocycles. The van der Waals surface area contributed by atoms with Crippen LogP contribution in [0.15, 0.2) is 9.70 Å². The van der Waals surface area contributed by atoms with Gasteiger partial charge in [0.15, 0.2) is 0 Å². The smallest absolute Gasteiger partial charge is 0.270 e. The van der Waals surface area contributed by atoms with Crippen molar-refractivity contribution in [3.05, 3.63) is 31.9 Å². The molecule has 2 aliphatic heterocycles. The molecule has 0 spiro atoms. The van der Waals surface area contributed by atoms with E-state index in [1.165, 1.54) is 11.8 Å². The third kappa shape index (κ3) is 6.18. The number of nitrogens with zero attached hydrogens (tertiary/aromatic N) is 4. The summed E-state index contributed by atoms with van der Waals surface area (Å²) in [7, 11) is 0. The van der Waals surface area contributed by atoms with Gasteiger partial charge in [0.25, 0.3) is 11.5 Å². The van der Waals surface area contributed by atoms with E-state index in [9.17, 15) is 14.9 Å². The Bertz CT molecular complexity index is 1080. The van der Waals surface area contributed by atoms with Gasteiger partial charge in [-0.1, -0.05) is 70.4 Å². The molecule has 3 rings (SSSR count). The van der Waals surface area contributed by atoms with Gasteiger partial charge in [-0.05, 0) is 50.2 Å². The molecule has 1 amide bonds. The Kier molecular flexibility index (Phi) is 9.99. The summed E-state index contributed by atoms with van der Waals surface area (Å²) in [4.78, 5) is 31.2. The number of aromatic nitrogens is 1. The Morgan fingerprint density at radius 3 is 2.40 bits per heavy atom. The molecule has 0 atom stereocenters. The van der Waals surface area contributed by atoms with Gasteiger partial charge in [-0.2, -0.15) is 5.26 Å². The molecule has 8 heteroatoms. The molecule has 1 aromatic heterocycles. The number of carbonyl (C=O) groups is 1. The van der Waals surface area contributed by atoms with Gasteiger partial charge < -0.3 is 4.90 Å². The first-order chi connectivity index (χ1) is 16.8. The molecule has 0 N–H and O–H groups in total. The molecule has 0 unspecified atom stereocenters. The fraction of sp³-hybridized carbons (Fsp3) is 0.630. The topological polar surface area (TPSA) is 69.3 Å². The summed E-state index contributed by atoms with van der Waals surface area (Å²) in [6.45, 7) is 11.3. The van der Waals surface area contributed by atoms with Gasteiger partial charge >= 0.3 is 0 Å². The summed E-state index contributed by atoms with van der Waals surface area (Å²) in [6, 6.07) is 2.14. The first-order valence-corrected chi connectivity index (χ1v) is 14.2. The average molecular weight is 515 g/mol. The molecule has 190 valence electrons. The number of thiocarbonyl (C=S) groups is 1. The van der Waals surface area contributed by atoms with Crippen LogP contribution in [0.5, 0.6) is 0 Å². The summed E-state index contributed by atoms with van der Waals surface area (Å²) in [5, 5.41) is 9.85. The van der Waals surface area contributed by atoms with Crippen LogP contribution in [0.3, 0.4) is 0 Å². The third-order valence-corrected chi connectivity index (χ3v) is 8.43. The van der Waals surface area contributed by atoms with Crippen molar-refractivity contribution in [2.24, 2.45) is 5.92 Å². The second kappa shape index (κ2) is 12.7. The number of unbranched alkanes of at least 4 members (excludes halogenated alkanes) is 4. The lowest BCUT2D eigenvalue weighted by molar-refractivity contribution is -0.122. The minimum Gasteiger partial charge on any atom is -0.357 e. The summed E-state index contributed by atoms with van der Waals surface area (Å²) in [5.41, 5.74) is 1.38. The molecule has 0 saturated carbocycles. The zero-order chi connectivity index (χ0) is 25.5. The van der Waals surface area contributed by atoms with E-state index in [0.717, 1.165) is 75.8 Å². The maximum Gasteiger partial charge on any atom is 0.270 e. The quantitative estimate of drug-likeness (QED) is 0.222. The second-order valence-electron chi connectivity index (χ2n) is 9.72. The van der Waals surface area contributed by atoms with Crippen LogP contribution in [0.4, 0.5) is 5.82 Å². The van der Waals surface area contributed by atoms with E-state index >= 15 is 0 Å². The highest BCUT2D eigenvalue weighted by Gasteiger charge is 2.33. The Hall–Kier alpha value is -2.11. The highest BCUT2D eigenvalue weighted by Crippen LogP contribution is 2.37. The number of anilines is 1. The van der Waals surface area contributed by atoms with Crippen LogP contribution in [0.25, 0.3) is 6.08 Å². The lowest BCUT2D eigenvalue weighted by atomic mass is 9.97. The van der Waals surface area contributed by atoms with Gasteiger partial charge in [-0.3, -0.25) is 19.1 Å². The standard InChI is InChI=1S/C27H38N4O2S2/c1-5-7-9-10-14-31-26(33)23(35-27(31)34)17-21-20(4)22(18-28)25(32)30(13-8-6-2)24(21)29-15-11-19(3)12-16-29/h17,19H,5-16H2,1-4H3/b23-17+. The van der Waals surface area contributed by atoms with E-state index in [1.807, 2.05) is 13.0 Å². The van der Waals surface area contributed by atoms with Crippen molar-refractivity contribution >= 4 is 46.1 Å². The number of piperidine rings is 1. The van der Waals surface area contributed by atoms with Crippen molar-refractivity contribution in [3.63, 3.8) is 0 Å². The maximum atomic E-state index is 13.4. The Morgan fingerprint density at radius 1 is 1.09 bits per heavy atom.